The molecule has 1 aliphatic carbocycles. The van der Waals surface area contributed by atoms with Crippen molar-refractivity contribution in [2.45, 2.75) is 64.0 Å². The minimum atomic E-state index is 0.347. The van der Waals surface area contributed by atoms with Crippen LogP contribution in [0.15, 0.2) is 0 Å². The van der Waals surface area contributed by atoms with Gasteiger partial charge in [-0.15, -0.1) is 0 Å². The van der Waals surface area contributed by atoms with Crippen LogP contribution in [0.3, 0.4) is 0 Å². The van der Waals surface area contributed by atoms with Crippen molar-refractivity contribution in [1.82, 2.24) is 10.2 Å². The summed E-state index contributed by atoms with van der Waals surface area (Å²) in [6.45, 7) is 6.15. The largest absolute Gasteiger partial charge is 0.395 e. The molecule has 2 aliphatic rings. The lowest BCUT2D eigenvalue weighted by Crippen LogP contribution is -2.46. The highest BCUT2D eigenvalue weighted by Gasteiger charge is 2.30. The Morgan fingerprint density at radius 1 is 1.17 bits per heavy atom. The van der Waals surface area contributed by atoms with Crippen LogP contribution in [0.5, 0.6) is 0 Å². The third-order valence-corrected chi connectivity index (χ3v) is 4.74. The predicted molar refractivity (Wildman–Crippen MR) is 75.7 cm³/mol. The first kappa shape index (κ1) is 14.3. The fraction of sp³-hybridized carbons (Fsp3) is 1.00. The summed E-state index contributed by atoms with van der Waals surface area (Å²) in [6.07, 6.45) is 9.19. The Kier molecular flexibility index (Phi) is 5.93. The zero-order valence-corrected chi connectivity index (χ0v) is 11.9. The van der Waals surface area contributed by atoms with E-state index in [1.165, 1.54) is 58.0 Å². The first-order valence-corrected chi connectivity index (χ1v) is 7.93. The van der Waals surface area contributed by atoms with E-state index in [0.29, 0.717) is 12.6 Å². The average molecular weight is 254 g/mol. The zero-order valence-electron chi connectivity index (χ0n) is 11.9. The van der Waals surface area contributed by atoms with Crippen LogP contribution in [-0.4, -0.2) is 48.3 Å². The average Bonchev–Trinajstić information content (AvgIpc) is 2.85. The highest BCUT2D eigenvalue weighted by Crippen LogP contribution is 2.28. The molecule has 3 atom stereocenters. The van der Waals surface area contributed by atoms with Gasteiger partial charge in [0.1, 0.15) is 0 Å². The summed E-state index contributed by atoms with van der Waals surface area (Å²) in [5.74, 6) is 0.803. The topological polar surface area (TPSA) is 35.5 Å². The highest BCUT2D eigenvalue weighted by molar-refractivity contribution is 4.87. The number of aliphatic hydroxyl groups excluding tert-OH is 1. The number of nitrogens with zero attached hydrogens (tertiary/aromatic N) is 1. The molecule has 18 heavy (non-hydrogen) atoms. The zero-order chi connectivity index (χ0) is 12.8. The SMILES string of the molecule is CCCNC1CCCCC1CN1CCCC1CO. The van der Waals surface area contributed by atoms with E-state index in [-0.39, 0.29) is 0 Å². The van der Waals surface area contributed by atoms with Crippen LogP contribution in [0.1, 0.15) is 51.9 Å². The van der Waals surface area contributed by atoms with Gasteiger partial charge in [-0.25, -0.2) is 0 Å². The van der Waals surface area contributed by atoms with Crippen LogP contribution >= 0.6 is 0 Å². The Hall–Kier alpha value is -0.120. The summed E-state index contributed by atoms with van der Waals surface area (Å²) in [6, 6.07) is 1.16. The Balaban J connectivity index is 1.84. The molecule has 1 heterocycles. The summed E-state index contributed by atoms with van der Waals surface area (Å²) in [4.78, 5) is 2.54. The van der Waals surface area contributed by atoms with Gasteiger partial charge in [0, 0.05) is 18.6 Å². The van der Waals surface area contributed by atoms with Gasteiger partial charge in [0.2, 0.25) is 0 Å². The van der Waals surface area contributed by atoms with Gasteiger partial charge in [-0.2, -0.15) is 0 Å². The molecule has 0 radical (unpaired) electrons. The molecule has 0 aromatic carbocycles. The van der Waals surface area contributed by atoms with Gasteiger partial charge in [0.05, 0.1) is 6.61 Å². The Morgan fingerprint density at radius 3 is 2.78 bits per heavy atom. The number of hydrogen-bond acceptors (Lipinski definition) is 3. The van der Waals surface area contributed by atoms with Crippen molar-refractivity contribution in [1.29, 1.82) is 0 Å². The molecule has 1 saturated carbocycles. The first-order chi connectivity index (χ1) is 8.85. The Bertz CT molecular complexity index is 235. The summed E-state index contributed by atoms with van der Waals surface area (Å²) in [7, 11) is 0. The van der Waals surface area contributed by atoms with E-state index in [2.05, 4.69) is 17.1 Å². The van der Waals surface area contributed by atoms with E-state index < -0.39 is 0 Å². The van der Waals surface area contributed by atoms with E-state index in [4.69, 9.17) is 0 Å². The molecule has 2 N–H and O–H groups in total. The maximum absolute atomic E-state index is 9.42. The van der Waals surface area contributed by atoms with Crippen molar-refractivity contribution in [2.75, 3.05) is 26.2 Å². The molecule has 0 aromatic heterocycles. The van der Waals surface area contributed by atoms with Crippen molar-refractivity contribution in [3.05, 3.63) is 0 Å². The fourth-order valence-electron chi connectivity index (χ4n) is 3.67. The van der Waals surface area contributed by atoms with Crippen LogP contribution in [0.4, 0.5) is 0 Å². The molecule has 3 heteroatoms. The smallest absolute Gasteiger partial charge is 0.0586 e. The summed E-state index contributed by atoms with van der Waals surface area (Å²) < 4.78 is 0. The number of nitrogens with one attached hydrogen (secondary N) is 1. The minimum Gasteiger partial charge on any atom is -0.395 e. The summed E-state index contributed by atoms with van der Waals surface area (Å²) >= 11 is 0. The van der Waals surface area contributed by atoms with E-state index >= 15 is 0 Å². The number of aliphatic hydroxyl groups is 1. The van der Waals surface area contributed by atoms with Crippen molar-refractivity contribution in [2.24, 2.45) is 5.92 Å². The fourth-order valence-corrected chi connectivity index (χ4v) is 3.67. The lowest BCUT2D eigenvalue weighted by molar-refractivity contribution is 0.118. The Morgan fingerprint density at radius 2 is 2.00 bits per heavy atom. The molecule has 106 valence electrons. The molecule has 1 aliphatic heterocycles. The Labute approximate surface area is 112 Å². The normalized spacial score (nSPS) is 34.0. The van der Waals surface area contributed by atoms with E-state index in [1.54, 1.807) is 0 Å². The van der Waals surface area contributed by atoms with Crippen molar-refractivity contribution in [3.63, 3.8) is 0 Å². The van der Waals surface area contributed by atoms with Crippen molar-refractivity contribution in [3.8, 4) is 0 Å². The quantitative estimate of drug-likeness (QED) is 0.761. The van der Waals surface area contributed by atoms with Gasteiger partial charge in [0.25, 0.3) is 0 Å². The van der Waals surface area contributed by atoms with Gasteiger partial charge in [-0.3, -0.25) is 4.90 Å². The molecule has 2 rings (SSSR count). The lowest BCUT2D eigenvalue weighted by atomic mass is 9.84. The molecular formula is C15H30N2O. The minimum absolute atomic E-state index is 0.347. The molecular weight excluding hydrogens is 224 g/mol. The first-order valence-electron chi connectivity index (χ1n) is 7.93. The van der Waals surface area contributed by atoms with Crippen molar-refractivity contribution >= 4 is 0 Å². The standard InChI is InChI=1S/C15H30N2O/c1-2-9-16-15-8-4-3-6-13(15)11-17-10-5-7-14(17)12-18/h13-16,18H,2-12H2,1H3. The van der Waals surface area contributed by atoms with Crippen LogP contribution in [0, 0.1) is 5.92 Å². The van der Waals surface area contributed by atoms with Gasteiger partial charge in [-0.1, -0.05) is 19.8 Å². The molecule has 2 fully saturated rings. The number of likely N-dealkylation sites (tertiary alicyclic amines) is 1. The highest BCUT2D eigenvalue weighted by atomic mass is 16.3. The third-order valence-electron chi connectivity index (χ3n) is 4.74. The second kappa shape index (κ2) is 7.46. The second-order valence-electron chi connectivity index (χ2n) is 6.08. The summed E-state index contributed by atoms with van der Waals surface area (Å²) in [5.41, 5.74) is 0. The van der Waals surface area contributed by atoms with Gasteiger partial charge >= 0.3 is 0 Å². The maximum atomic E-state index is 9.42. The molecule has 0 bridgehead atoms. The van der Waals surface area contributed by atoms with Gasteiger partial charge in [0.15, 0.2) is 0 Å². The number of hydrogen-bond donors (Lipinski definition) is 2. The molecule has 3 nitrogen and oxygen atoms in total. The van der Waals surface area contributed by atoms with Crippen molar-refractivity contribution < 1.29 is 5.11 Å². The van der Waals surface area contributed by atoms with Crippen LogP contribution < -0.4 is 5.32 Å². The van der Waals surface area contributed by atoms with Gasteiger partial charge in [-0.05, 0) is 51.1 Å². The van der Waals surface area contributed by atoms with Crippen LogP contribution in [-0.2, 0) is 0 Å². The maximum Gasteiger partial charge on any atom is 0.0586 e. The van der Waals surface area contributed by atoms with Gasteiger partial charge < -0.3 is 10.4 Å². The third kappa shape index (κ3) is 3.69. The van der Waals surface area contributed by atoms with E-state index in [9.17, 15) is 5.11 Å². The lowest BCUT2D eigenvalue weighted by Gasteiger charge is -2.36. The van der Waals surface area contributed by atoms with E-state index in [0.717, 1.165) is 18.5 Å². The second-order valence-corrected chi connectivity index (χ2v) is 6.08. The van der Waals surface area contributed by atoms with Crippen LogP contribution in [0.2, 0.25) is 0 Å². The molecule has 1 saturated heterocycles. The van der Waals surface area contributed by atoms with E-state index in [1.807, 2.05) is 0 Å². The monoisotopic (exact) mass is 254 g/mol. The molecule has 0 amide bonds. The number of rotatable bonds is 6. The predicted octanol–water partition coefficient (Wildman–Crippen LogP) is 2.00. The molecule has 3 unspecified atom stereocenters. The van der Waals surface area contributed by atoms with Crippen LogP contribution in [0.25, 0.3) is 0 Å². The molecule has 0 spiro atoms. The molecule has 0 aromatic rings. The summed E-state index contributed by atoms with van der Waals surface area (Å²) in [5, 5.41) is 13.2.